The fourth-order valence-electron chi connectivity index (χ4n) is 3.17. The molecule has 2 aromatic heterocycles. The van der Waals surface area contributed by atoms with E-state index in [0.717, 1.165) is 16.4 Å². The Morgan fingerprint density at radius 1 is 0.952 bits per heavy atom. The van der Waals surface area contributed by atoms with E-state index in [-0.39, 0.29) is 0 Å². The van der Waals surface area contributed by atoms with Crippen LogP contribution in [0.4, 0.5) is 0 Å². The molecule has 2 heteroatoms. The molecular formula is C19H16N2. The minimum absolute atomic E-state index is 0.427. The maximum Gasteiger partial charge on any atom is 0.0967 e. The first-order chi connectivity index (χ1) is 10.3. The normalized spacial score (nSPS) is 16.0. The molecule has 0 radical (unpaired) electrons. The summed E-state index contributed by atoms with van der Waals surface area (Å²) in [6.45, 7) is 2.29. The Kier molecular flexibility index (Phi) is 2.81. The van der Waals surface area contributed by atoms with E-state index in [0.29, 0.717) is 11.8 Å². The third-order valence-corrected chi connectivity index (χ3v) is 4.34. The quantitative estimate of drug-likeness (QED) is 0.636. The van der Waals surface area contributed by atoms with Gasteiger partial charge >= 0.3 is 0 Å². The molecule has 0 amide bonds. The lowest BCUT2D eigenvalue weighted by Crippen LogP contribution is -2.05. The molecule has 3 aromatic rings. The van der Waals surface area contributed by atoms with Crippen LogP contribution in [-0.2, 0) is 0 Å². The van der Waals surface area contributed by atoms with E-state index in [1.807, 2.05) is 24.5 Å². The summed E-state index contributed by atoms with van der Waals surface area (Å²) >= 11 is 0. The second-order valence-electron chi connectivity index (χ2n) is 5.58. The van der Waals surface area contributed by atoms with E-state index < -0.39 is 0 Å². The number of pyridine rings is 2. The average Bonchev–Trinajstić information content (AvgIpc) is 3.08. The van der Waals surface area contributed by atoms with Crippen LogP contribution in [0.25, 0.3) is 21.8 Å². The molecule has 0 spiro atoms. The minimum Gasteiger partial charge on any atom is -0.254 e. The van der Waals surface area contributed by atoms with E-state index in [4.69, 9.17) is 0 Å². The molecule has 1 aromatic carbocycles. The predicted octanol–water partition coefficient (Wildman–Crippen LogP) is 4.63. The van der Waals surface area contributed by atoms with Crippen LogP contribution in [0, 0.1) is 5.92 Å². The van der Waals surface area contributed by atoms with Crippen LogP contribution >= 0.6 is 0 Å². The van der Waals surface area contributed by atoms with Gasteiger partial charge in [0.25, 0.3) is 0 Å². The topological polar surface area (TPSA) is 25.8 Å². The molecule has 0 fully saturated rings. The van der Waals surface area contributed by atoms with Crippen molar-refractivity contribution >= 4 is 21.8 Å². The molecular weight excluding hydrogens is 256 g/mol. The van der Waals surface area contributed by atoms with Crippen LogP contribution in [0.2, 0.25) is 0 Å². The summed E-state index contributed by atoms with van der Waals surface area (Å²) in [5, 5.41) is 2.38. The zero-order valence-corrected chi connectivity index (χ0v) is 11.9. The number of nitrogens with zero attached hydrogens (tertiary/aromatic N) is 2. The highest BCUT2D eigenvalue weighted by atomic mass is 14.7. The number of fused-ring (bicyclic) bond motifs is 3. The van der Waals surface area contributed by atoms with Crippen LogP contribution in [0.1, 0.15) is 18.4 Å². The van der Waals surface area contributed by atoms with E-state index in [9.17, 15) is 0 Å². The van der Waals surface area contributed by atoms with Crippen molar-refractivity contribution in [3.8, 4) is 0 Å². The first kappa shape index (κ1) is 12.3. The molecule has 1 aliphatic rings. The zero-order valence-electron chi connectivity index (χ0n) is 11.9. The predicted molar refractivity (Wildman–Crippen MR) is 87.2 cm³/mol. The number of rotatable bonds is 2. The molecule has 21 heavy (non-hydrogen) atoms. The number of hydrogen-bond acceptors (Lipinski definition) is 2. The van der Waals surface area contributed by atoms with Crippen LogP contribution < -0.4 is 0 Å². The van der Waals surface area contributed by atoms with Crippen LogP contribution in [0.3, 0.4) is 0 Å². The molecule has 0 bridgehead atoms. The Morgan fingerprint density at radius 2 is 1.67 bits per heavy atom. The van der Waals surface area contributed by atoms with Crippen molar-refractivity contribution in [3.63, 3.8) is 0 Å². The Hall–Kier alpha value is -2.48. The van der Waals surface area contributed by atoms with Crippen LogP contribution in [0.15, 0.2) is 67.0 Å². The standard InChI is InChI=1S/C19H16N2/c1-13(14-6-2-3-7-14)17-12-15-8-4-10-20-18(15)19-16(17)9-5-11-21-19/h2-14H,1H3. The van der Waals surface area contributed by atoms with Crippen molar-refractivity contribution in [2.24, 2.45) is 5.92 Å². The van der Waals surface area contributed by atoms with E-state index in [1.54, 1.807) is 0 Å². The SMILES string of the molecule is CC(c1cc2cccnc2c2ncccc12)C1C=CC=C1. The molecule has 0 saturated carbocycles. The van der Waals surface area contributed by atoms with Gasteiger partial charge in [0, 0.05) is 29.1 Å². The number of aromatic nitrogens is 2. The molecule has 2 nitrogen and oxygen atoms in total. The summed E-state index contributed by atoms with van der Waals surface area (Å²) in [5.41, 5.74) is 3.34. The highest BCUT2D eigenvalue weighted by Crippen LogP contribution is 2.35. The summed E-state index contributed by atoms with van der Waals surface area (Å²) in [6, 6.07) is 10.5. The van der Waals surface area contributed by atoms with Crippen molar-refractivity contribution in [1.29, 1.82) is 0 Å². The molecule has 4 rings (SSSR count). The van der Waals surface area contributed by atoms with Crippen molar-refractivity contribution in [3.05, 3.63) is 72.6 Å². The molecule has 0 saturated heterocycles. The first-order valence-corrected chi connectivity index (χ1v) is 7.32. The van der Waals surface area contributed by atoms with Gasteiger partial charge in [-0.3, -0.25) is 9.97 Å². The van der Waals surface area contributed by atoms with Crippen molar-refractivity contribution in [2.75, 3.05) is 0 Å². The van der Waals surface area contributed by atoms with Crippen LogP contribution in [-0.4, -0.2) is 9.97 Å². The Balaban J connectivity index is 2.02. The Bertz CT molecular complexity index is 865. The maximum absolute atomic E-state index is 4.58. The van der Waals surface area contributed by atoms with Gasteiger partial charge in [0.1, 0.15) is 0 Å². The van der Waals surface area contributed by atoms with Crippen molar-refractivity contribution in [1.82, 2.24) is 9.97 Å². The summed E-state index contributed by atoms with van der Waals surface area (Å²) in [4.78, 5) is 9.10. The van der Waals surface area contributed by atoms with E-state index >= 15 is 0 Å². The summed E-state index contributed by atoms with van der Waals surface area (Å²) < 4.78 is 0. The lowest BCUT2D eigenvalue weighted by atomic mass is 9.85. The minimum atomic E-state index is 0.427. The number of benzene rings is 1. The van der Waals surface area contributed by atoms with Gasteiger partial charge in [-0.1, -0.05) is 43.4 Å². The second-order valence-corrected chi connectivity index (χ2v) is 5.58. The van der Waals surface area contributed by atoms with E-state index in [1.165, 1.54) is 10.9 Å². The summed E-state index contributed by atoms with van der Waals surface area (Å²) in [7, 11) is 0. The van der Waals surface area contributed by atoms with Crippen molar-refractivity contribution in [2.45, 2.75) is 12.8 Å². The van der Waals surface area contributed by atoms with E-state index in [2.05, 4.69) is 59.4 Å². The van der Waals surface area contributed by atoms with Gasteiger partial charge in [0.05, 0.1) is 11.0 Å². The zero-order chi connectivity index (χ0) is 14.2. The van der Waals surface area contributed by atoms with Gasteiger partial charge in [-0.2, -0.15) is 0 Å². The first-order valence-electron chi connectivity index (χ1n) is 7.32. The molecule has 1 atom stereocenters. The Labute approximate surface area is 123 Å². The monoisotopic (exact) mass is 272 g/mol. The second kappa shape index (κ2) is 4.81. The van der Waals surface area contributed by atoms with Crippen molar-refractivity contribution < 1.29 is 0 Å². The van der Waals surface area contributed by atoms with Gasteiger partial charge in [-0.15, -0.1) is 0 Å². The lowest BCUT2D eigenvalue weighted by Gasteiger charge is -2.19. The smallest absolute Gasteiger partial charge is 0.0967 e. The molecule has 102 valence electrons. The van der Waals surface area contributed by atoms with Gasteiger partial charge in [0.2, 0.25) is 0 Å². The lowest BCUT2D eigenvalue weighted by molar-refractivity contribution is 0.659. The maximum atomic E-state index is 4.58. The molecule has 1 aliphatic carbocycles. The molecule has 2 heterocycles. The highest BCUT2D eigenvalue weighted by Gasteiger charge is 2.19. The summed E-state index contributed by atoms with van der Waals surface area (Å²) in [6.07, 6.45) is 12.5. The van der Waals surface area contributed by atoms with Gasteiger partial charge < -0.3 is 0 Å². The van der Waals surface area contributed by atoms with Gasteiger partial charge in [-0.05, 0) is 29.7 Å². The fraction of sp³-hybridized carbons (Fsp3) is 0.158. The third kappa shape index (κ3) is 1.95. The largest absolute Gasteiger partial charge is 0.254 e. The number of hydrogen-bond donors (Lipinski definition) is 0. The molecule has 1 unspecified atom stereocenters. The number of allylic oxidation sites excluding steroid dienone is 4. The van der Waals surface area contributed by atoms with Crippen LogP contribution in [0.5, 0.6) is 0 Å². The fourth-order valence-corrected chi connectivity index (χ4v) is 3.17. The molecule has 0 N–H and O–H groups in total. The van der Waals surface area contributed by atoms with Gasteiger partial charge in [0.15, 0.2) is 0 Å². The average molecular weight is 272 g/mol. The summed E-state index contributed by atoms with van der Waals surface area (Å²) in [5.74, 6) is 0.888. The Morgan fingerprint density at radius 3 is 2.48 bits per heavy atom. The third-order valence-electron chi connectivity index (χ3n) is 4.34. The highest BCUT2D eigenvalue weighted by molar-refractivity contribution is 6.04. The van der Waals surface area contributed by atoms with Gasteiger partial charge in [-0.25, -0.2) is 0 Å². The molecule has 0 aliphatic heterocycles.